The van der Waals surface area contributed by atoms with Gasteiger partial charge in [0, 0.05) is 4.47 Å². The number of amides is 2. The molecule has 0 bridgehead atoms. The zero-order valence-corrected chi connectivity index (χ0v) is 11.7. The first-order chi connectivity index (χ1) is 8.39. The number of hydrogen-bond donors (Lipinski definition) is 3. The fourth-order valence-corrected chi connectivity index (χ4v) is 1.64. The fourth-order valence-electron chi connectivity index (χ4n) is 1.26. The molecule has 1 unspecified atom stereocenters. The minimum atomic E-state index is -1.27. The summed E-state index contributed by atoms with van der Waals surface area (Å²) < 4.78 is 0.730. The number of halogens is 1. The molecule has 0 aliphatic rings. The average molecular weight is 315 g/mol. The Bertz CT molecular complexity index is 464. The molecule has 5 nitrogen and oxygen atoms in total. The van der Waals surface area contributed by atoms with E-state index in [4.69, 9.17) is 5.11 Å². The average Bonchev–Trinajstić information content (AvgIpc) is 2.31. The SMILES string of the molecule is CCC(C)(NC(=O)Nc1ccccc1Br)C(=O)O. The van der Waals surface area contributed by atoms with Crippen LogP contribution in [0.2, 0.25) is 0 Å². The van der Waals surface area contributed by atoms with Gasteiger partial charge in [-0.15, -0.1) is 0 Å². The minimum absolute atomic E-state index is 0.297. The highest BCUT2D eigenvalue weighted by Gasteiger charge is 2.32. The van der Waals surface area contributed by atoms with Crippen LogP contribution in [0, 0.1) is 0 Å². The molecule has 0 saturated heterocycles. The maximum atomic E-state index is 11.7. The summed E-state index contributed by atoms with van der Waals surface area (Å²) in [5.41, 5.74) is -0.690. The zero-order chi connectivity index (χ0) is 13.8. The Kier molecular flexibility index (Phi) is 4.72. The van der Waals surface area contributed by atoms with E-state index in [-0.39, 0.29) is 0 Å². The van der Waals surface area contributed by atoms with Crippen molar-refractivity contribution >= 4 is 33.6 Å². The summed E-state index contributed by atoms with van der Waals surface area (Å²) in [5, 5.41) is 14.1. The van der Waals surface area contributed by atoms with Gasteiger partial charge < -0.3 is 15.7 Å². The van der Waals surface area contributed by atoms with Gasteiger partial charge in [0.25, 0.3) is 0 Å². The molecule has 0 saturated carbocycles. The molecule has 0 radical (unpaired) electrons. The van der Waals surface area contributed by atoms with Crippen molar-refractivity contribution in [3.8, 4) is 0 Å². The number of hydrogen-bond acceptors (Lipinski definition) is 2. The highest BCUT2D eigenvalue weighted by Crippen LogP contribution is 2.21. The molecule has 0 heterocycles. The molecule has 6 heteroatoms. The van der Waals surface area contributed by atoms with Crippen molar-refractivity contribution < 1.29 is 14.7 Å². The Morgan fingerprint density at radius 3 is 2.50 bits per heavy atom. The van der Waals surface area contributed by atoms with Crippen LogP contribution in [-0.4, -0.2) is 22.6 Å². The topological polar surface area (TPSA) is 78.4 Å². The smallest absolute Gasteiger partial charge is 0.329 e. The maximum Gasteiger partial charge on any atom is 0.329 e. The summed E-state index contributed by atoms with van der Waals surface area (Å²) in [6.45, 7) is 3.17. The number of benzene rings is 1. The highest BCUT2D eigenvalue weighted by molar-refractivity contribution is 9.10. The molecule has 1 rings (SSSR count). The number of para-hydroxylation sites is 1. The molecule has 1 aromatic rings. The van der Waals surface area contributed by atoms with Gasteiger partial charge in [0.05, 0.1) is 5.69 Å². The number of carboxylic acid groups (broad SMARTS) is 1. The Morgan fingerprint density at radius 2 is 2.00 bits per heavy atom. The fraction of sp³-hybridized carbons (Fsp3) is 0.333. The van der Waals surface area contributed by atoms with Crippen LogP contribution in [0.3, 0.4) is 0 Å². The number of carbonyl (C=O) groups is 2. The minimum Gasteiger partial charge on any atom is -0.480 e. The third kappa shape index (κ3) is 3.46. The third-order valence-electron chi connectivity index (χ3n) is 2.69. The number of urea groups is 1. The van der Waals surface area contributed by atoms with Crippen LogP contribution in [0.15, 0.2) is 28.7 Å². The molecule has 2 amide bonds. The van der Waals surface area contributed by atoms with E-state index in [0.29, 0.717) is 12.1 Å². The lowest BCUT2D eigenvalue weighted by atomic mass is 10.00. The Balaban J connectivity index is 2.73. The lowest BCUT2D eigenvalue weighted by Crippen LogP contribution is -2.53. The van der Waals surface area contributed by atoms with E-state index in [1.165, 1.54) is 6.92 Å². The van der Waals surface area contributed by atoms with Crippen molar-refractivity contribution in [2.75, 3.05) is 5.32 Å². The predicted molar refractivity (Wildman–Crippen MR) is 72.6 cm³/mol. The third-order valence-corrected chi connectivity index (χ3v) is 3.38. The van der Waals surface area contributed by atoms with E-state index in [1.54, 1.807) is 25.1 Å². The Hall–Kier alpha value is -1.56. The van der Waals surface area contributed by atoms with Crippen LogP contribution < -0.4 is 10.6 Å². The first-order valence-corrected chi connectivity index (χ1v) is 6.25. The molecule has 18 heavy (non-hydrogen) atoms. The van der Waals surface area contributed by atoms with Crippen molar-refractivity contribution in [2.24, 2.45) is 0 Å². The summed E-state index contributed by atoms with van der Waals surface area (Å²) in [5.74, 6) is -1.06. The summed E-state index contributed by atoms with van der Waals surface area (Å²) in [6, 6.07) is 6.55. The molecule has 1 atom stereocenters. The molecule has 1 aromatic carbocycles. The van der Waals surface area contributed by atoms with Crippen LogP contribution in [0.1, 0.15) is 20.3 Å². The second-order valence-corrected chi connectivity index (χ2v) is 4.90. The molecule has 98 valence electrons. The summed E-state index contributed by atoms with van der Waals surface area (Å²) >= 11 is 3.29. The molecule has 0 aliphatic carbocycles. The van der Waals surface area contributed by atoms with Gasteiger partial charge >= 0.3 is 12.0 Å². The number of anilines is 1. The van der Waals surface area contributed by atoms with Crippen LogP contribution in [0.4, 0.5) is 10.5 Å². The van der Waals surface area contributed by atoms with Crippen LogP contribution in [0.5, 0.6) is 0 Å². The number of rotatable bonds is 4. The molecule has 3 N–H and O–H groups in total. The van der Waals surface area contributed by atoms with Gasteiger partial charge in [-0.1, -0.05) is 19.1 Å². The largest absolute Gasteiger partial charge is 0.480 e. The summed E-state index contributed by atoms with van der Waals surface area (Å²) in [6.07, 6.45) is 0.297. The first kappa shape index (κ1) is 14.5. The van der Waals surface area contributed by atoms with E-state index < -0.39 is 17.5 Å². The second kappa shape index (κ2) is 5.86. The molecule has 0 spiro atoms. The molecule has 0 fully saturated rings. The summed E-state index contributed by atoms with van der Waals surface area (Å²) in [7, 11) is 0. The number of nitrogens with one attached hydrogen (secondary N) is 2. The van der Waals surface area contributed by atoms with Crippen LogP contribution >= 0.6 is 15.9 Å². The van der Waals surface area contributed by atoms with Crippen LogP contribution in [0.25, 0.3) is 0 Å². The van der Waals surface area contributed by atoms with Crippen molar-refractivity contribution in [2.45, 2.75) is 25.8 Å². The van der Waals surface area contributed by atoms with Gasteiger partial charge in [0.2, 0.25) is 0 Å². The van der Waals surface area contributed by atoms with Gasteiger partial charge in [-0.25, -0.2) is 9.59 Å². The molecular weight excluding hydrogens is 300 g/mol. The predicted octanol–water partition coefficient (Wildman–Crippen LogP) is 2.82. The van der Waals surface area contributed by atoms with Gasteiger partial charge in [-0.3, -0.25) is 0 Å². The lowest BCUT2D eigenvalue weighted by Gasteiger charge is -2.24. The molecular formula is C12H15BrN2O3. The zero-order valence-electron chi connectivity index (χ0n) is 10.2. The van der Waals surface area contributed by atoms with Crippen molar-refractivity contribution in [1.29, 1.82) is 0 Å². The molecule has 0 aromatic heterocycles. The summed E-state index contributed by atoms with van der Waals surface area (Å²) in [4.78, 5) is 22.8. The Morgan fingerprint density at radius 1 is 1.39 bits per heavy atom. The lowest BCUT2D eigenvalue weighted by molar-refractivity contribution is -0.143. The van der Waals surface area contributed by atoms with Crippen molar-refractivity contribution in [3.05, 3.63) is 28.7 Å². The van der Waals surface area contributed by atoms with Crippen LogP contribution in [-0.2, 0) is 4.79 Å². The highest BCUT2D eigenvalue weighted by atomic mass is 79.9. The van der Waals surface area contributed by atoms with Gasteiger partial charge in [0.15, 0.2) is 0 Å². The number of carboxylic acids is 1. The van der Waals surface area contributed by atoms with E-state index in [0.717, 1.165) is 4.47 Å². The molecule has 0 aliphatic heterocycles. The quantitative estimate of drug-likeness (QED) is 0.799. The Labute approximate surface area is 114 Å². The number of carbonyl (C=O) groups excluding carboxylic acids is 1. The second-order valence-electron chi connectivity index (χ2n) is 4.05. The maximum absolute atomic E-state index is 11.7. The van der Waals surface area contributed by atoms with E-state index >= 15 is 0 Å². The van der Waals surface area contributed by atoms with E-state index in [9.17, 15) is 9.59 Å². The monoisotopic (exact) mass is 314 g/mol. The van der Waals surface area contributed by atoms with E-state index in [2.05, 4.69) is 26.6 Å². The number of aliphatic carboxylic acids is 1. The van der Waals surface area contributed by atoms with Gasteiger partial charge in [-0.05, 0) is 41.4 Å². The first-order valence-electron chi connectivity index (χ1n) is 5.46. The van der Waals surface area contributed by atoms with E-state index in [1.807, 2.05) is 6.07 Å². The van der Waals surface area contributed by atoms with Crippen molar-refractivity contribution in [3.63, 3.8) is 0 Å². The normalized spacial score (nSPS) is 13.5. The van der Waals surface area contributed by atoms with Gasteiger partial charge in [0.1, 0.15) is 5.54 Å². The van der Waals surface area contributed by atoms with Crippen molar-refractivity contribution in [1.82, 2.24) is 5.32 Å². The van der Waals surface area contributed by atoms with Gasteiger partial charge in [-0.2, -0.15) is 0 Å². The standard InChI is InChI=1S/C12H15BrN2O3/c1-3-12(2,10(16)17)15-11(18)14-9-7-5-4-6-8(9)13/h4-7H,3H2,1-2H3,(H,16,17)(H2,14,15,18).